The lowest BCUT2D eigenvalue weighted by atomic mass is 9.87. The van der Waals surface area contributed by atoms with Gasteiger partial charge in [0.05, 0.1) is 6.10 Å². The van der Waals surface area contributed by atoms with Gasteiger partial charge in [0, 0.05) is 18.8 Å². The number of fused-ring (bicyclic) bond motifs is 2. The van der Waals surface area contributed by atoms with Crippen LogP contribution < -0.4 is 0 Å². The van der Waals surface area contributed by atoms with Gasteiger partial charge in [0.2, 0.25) is 0 Å². The van der Waals surface area contributed by atoms with Gasteiger partial charge in [-0.25, -0.2) is 14.7 Å². The van der Waals surface area contributed by atoms with Crippen LogP contribution in [-0.4, -0.2) is 34.6 Å². The van der Waals surface area contributed by atoms with Crippen molar-refractivity contribution in [3.05, 3.63) is 12.2 Å². The summed E-state index contributed by atoms with van der Waals surface area (Å²) in [6.07, 6.45) is 13.5. The first-order valence-corrected chi connectivity index (χ1v) is 10.6. The number of hydrogen-bond donors (Lipinski definition) is 2. The molecule has 156 valence electrons. The number of aliphatic carboxylic acids is 1. The van der Waals surface area contributed by atoms with Gasteiger partial charge in [-0.05, 0) is 31.1 Å². The first kappa shape index (κ1) is 22.3. The topological polar surface area (TPSA) is 85.2 Å². The molecule has 6 nitrogen and oxygen atoms in total. The number of carbonyl (C=O) groups is 1. The Labute approximate surface area is 162 Å². The van der Waals surface area contributed by atoms with E-state index in [4.69, 9.17) is 19.8 Å². The Balaban J connectivity index is 1.81. The van der Waals surface area contributed by atoms with Crippen LogP contribution in [0.5, 0.6) is 0 Å². The molecule has 1 saturated carbocycles. The Morgan fingerprint density at radius 2 is 1.93 bits per heavy atom. The van der Waals surface area contributed by atoms with Crippen LogP contribution in [0.15, 0.2) is 12.2 Å². The molecule has 1 aliphatic heterocycles. The summed E-state index contributed by atoms with van der Waals surface area (Å²) >= 11 is 0. The van der Waals surface area contributed by atoms with Crippen molar-refractivity contribution in [1.29, 1.82) is 0 Å². The fourth-order valence-corrected chi connectivity index (χ4v) is 4.35. The van der Waals surface area contributed by atoms with E-state index < -0.39 is 5.97 Å². The highest BCUT2D eigenvalue weighted by atomic mass is 17.2. The molecule has 1 saturated heterocycles. The molecular weight excluding hydrogens is 348 g/mol. The van der Waals surface area contributed by atoms with Crippen LogP contribution in [0.3, 0.4) is 0 Å². The Hall–Kier alpha value is -0.950. The molecule has 27 heavy (non-hydrogen) atoms. The van der Waals surface area contributed by atoms with E-state index in [1.807, 2.05) is 6.08 Å². The summed E-state index contributed by atoms with van der Waals surface area (Å²) in [7, 11) is 0. The minimum Gasteiger partial charge on any atom is -0.481 e. The number of carboxylic acids is 1. The van der Waals surface area contributed by atoms with Gasteiger partial charge in [0.25, 0.3) is 0 Å². The van der Waals surface area contributed by atoms with E-state index in [9.17, 15) is 10.1 Å². The van der Waals surface area contributed by atoms with Crippen molar-refractivity contribution in [2.24, 2.45) is 17.8 Å². The van der Waals surface area contributed by atoms with E-state index in [2.05, 4.69) is 19.9 Å². The molecule has 2 aliphatic rings. The Morgan fingerprint density at radius 3 is 2.63 bits per heavy atom. The fraction of sp³-hybridized carbons (Fsp3) is 0.857. The summed E-state index contributed by atoms with van der Waals surface area (Å²) in [5, 5.41) is 18.0. The van der Waals surface area contributed by atoms with E-state index in [-0.39, 0.29) is 30.7 Å². The van der Waals surface area contributed by atoms with Crippen molar-refractivity contribution < 1.29 is 29.8 Å². The molecule has 0 aromatic carbocycles. The summed E-state index contributed by atoms with van der Waals surface area (Å²) < 4.78 is 0. The second-order valence-electron chi connectivity index (χ2n) is 8.17. The standard InChI is InChI=1S/C21H36O6/c1-3-4-9-15(2)18(25-24)13-12-17-16(19-14-20(17)27-26-19)10-7-5-6-8-11-21(22)23/h12-13,15-20,24H,3-11,14H2,1-2H3,(H,22,23)/t15?,16-,17-,18?,19+,20+/m0/s1. The molecule has 2 N–H and O–H groups in total. The molecule has 0 aromatic rings. The Morgan fingerprint density at radius 1 is 1.19 bits per heavy atom. The normalized spacial score (nSPS) is 29.4. The predicted molar refractivity (Wildman–Crippen MR) is 102 cm³/mol. The van der Waals surface area contributed by atoms with E-state index in [1.165, 1.54) is 0 Å². The van der Waals surface area contributed by atoms with Crippen molar-refractivity contribution in [3.8, 4) is 0 Å². The molecule has 2 bridgehead atoms. The van der Waals surface area contributed by atoms with Crippen molar-refractivity contribution >= 4 is 5.97 Å². The first-order chi connectivity index (χ1) is 13.1. The molecule has 0 radical (unpaired) electrons. The van der Waals surface area contributed by atoms with Gasteiger partial charge in [0.1, 0.15) is 12.2 Å². The van der Waals surface area contributed by atoms with Crippen LogP contribution in [-0.2, 0) is 19.5 Å². The van der Waals surface area contributed by atoms with Crippen LogP contribution in [0.2, 0.25) is 0 Å². The van der Waals surface area contributed by atoms with Gasteiger partial charge in [-0.1, -0.05) is 58.1 Å². The molecule has 6 atom stereocenters. The second-order valence-corrected chi connectivity index (χ2v) is 8.17. The zero-order valence-electron chi connectivity index (χ0n) is 16.7. The third kappa shape index (κ3) is 6.86. The summed E-state index contributed by atoms with van der Waals surface area (Å²) in [6, 6.07) is 0. The van der Waals surface area contributed by atoms with E-state index in [0.29, 0.717) is 11.8 Å². The summed E-state index contributed by atoms with van der Waals surface area (Å²) in [5.74, 6) is 0.269. The average Bonchev–Trinajstić information content (AvgIpc) is 3.25. The molecule has 0 amide bonds. The van der Waals surface area contributed by atoms with E-state index in [1.54, 1.807) is 0 Å². The number of hydrogen-bond acceptors (Lipinski definition) is 5. The first-order valence-electron chi connectivity index (χ1n) is 10.6. The molecule has 6 heteroatoms. The monoisotopic (exact) mass is 384 g/mol. The van der Waals surface area contributed by atoms with Crippen molar-refractivity contribution in [2.75, 3.05) is 0 Å². The second kappa shape index (κ2) is 11.8. The highest BCUT2D eigenvalue weighted by Gasteiger charge is 2.49. The van der Waals surface area contributed by atoms with Crippen molar-refractivity contribution in [3.63, 3.8) is 0 Å². The Bertz CT molecular complexity index is 466. The molecule has 0 aromatic heterocycles. The molecule has 2 rings (SSSR count). The number of carboxylic acid groups (broad SMARTS) is 1. The van der Waals surface area contributed by atoms with E-state index in [0.717, 1.165) is 57.8 Å². The van der Waals surface area contributed by atoms with Gasteiger partial charge in [-0.2, -0.15) is 0 Å². The van der Waals surface area contributed by atoms with Gasteiger partial charge in [-0.15, -0.1) is 0 Å². The highest BCUT2D eigenvalue weighted by molar-refractivity contribution is 5.66. The smallest absolute Gasteiger partial charge is 0.303 e. The maximum absolute atomic E-state index is 10.6. The third-order valence-corrected chi connectivity index (χ3v) is 6.07. The van der Waals surface area contributed by atoms with Crippen molar-refractivity contribution in [1.82, 2.24) is 0 Å². The third-order valence-electron chi connectivity index (χ3n) is 6.07. The molecule has 2 unspecified atom stereocenters. The van der Waals surface area contributed by atoms with E-state index >= 15 is 0 Å². The van der Waals surface area contributed by atoms with Crippen LogP contribution in [0.1, 0.15) is 78.1 Å². The molecule has 2 fully saturated rings. The molecule has 0 spiro atoms. The fourth-order valence-electron chi connectivity index (χ4n) is 4.35. The van der Waals surface area contributed by atoms with Crippen LogP contribution >= 0.6 is 0 Å². The highest BCUT2D eigenvalue weighted by Crippen LogP contribution is 2.45. The zero-order chi connectivity index (χ0) is 19.6. The van der Waals surface area contributed by atoms with Gasteiger partial charge in [0.15, 0.2) is 0 Å². The summed E-state index contributed by atoms with van der Waals surface area (Å²) in [4.78, 5) is 26.2. The van der Waals surface area contributed by atoms with Gasteiger partial charge >= 0.3 is 5.97 Å². The summed E-state index contributed by atoms with van der Waals surface area (Å²) in [5.41, 5.74) is 0. The molecule has 1 aliphatic carbocycles. The lowest BCUT2D eigenvalue weighted by Gasteiger charge is -2.28. The largest absolute Gasteiger partial charge is 0.481 e. The molecular formula is C21H36O6. The van der Waals surface area contributed by atoms with Crippen LogP contribution in [0.4, 0.5) is 0 Å². The molecule has 1 heterocycles. The maximum atomic E-state index is 10.6. The van der Waals surface area contributed by atoms with Crippen LogP contribution in [0, 0.1) is 17.8 Å². The minimum absolute atomic E-state index is 0.0913. The minimum atomic E-state index is -0.715. The SMILES string of the molecule is CCCCC(C)C(C=C[C@H]1[C@H](CCCCCCC(=O)O)[C@H]2C[C@H]1OO2)OO. The summed E-state index contributed by atoms with van der Waals surface area (Å²) in [6.45, 7) is 4.27. The zero-order valence-corrected chi connectivity index (χ0v) is 16.7. The lowest BCUT2D eigenvalue weighted by Crippen LogP contribution is -2.29. The van der Waals surface area contributed by atoms with Gasteiger partial charge in [-0.3, -0.25) is 10.1 Å². The Kier molecular flexibility index (Phi) is 9.76. The average molecular weight is 385 g/mol. The van der Waals surface area contributed by atoms with Crippen LogP contribution in [0.25, 0.3) is 0 Å². The van der Waals surface area contributed by atoms with Crippen molar-refractivity contribution in [2.45, 2.75) is 96.4 Å². The quantitative estimate of drug-likeness (QED) is 0.190. The lowest BCUT2D eigenvalue weighted by molar-refractivity contribution is -0.337. The number of rotatable bonds is 14. The number of unbranched alkanes of at least 4 members (excludes halogenated alkanes) is 4. The predicted octanol–water partition coefficient (Wildman–Crippen LogP) is 4.99. The van der Waals surface area contributed by atoms with Gasteiger partial charge < -0.3 is 5.11 Å². The maximum Gasteiger partial charge on any atom is 0.303 e.